The maximum atomic E-state index is 13.6. The van der Waals surface area contributed by atoms with Crippen LogP contribution in [0.5, 0.6) is 0 Å². The summed E-state index contributed by atoms with van der Waals surface area (Å²) in [6.07, 6.45) is 0. The summed E-state index contributed by atoms with van der Waals surface area (Å²) in [4.78, 5) is 21.6. The lowest BCUT2D eigenvalue weighted by Gasteiger charge is -2.24. The van der Waals surface area contributed by atoms with Crippen LogP contribution in [0.1, 0.15) is 18.5 Å². The van der Waals surface area contributed by atoms with Crippen LogP contribution in [-0.2, 0) is 9.59 Å². The van der Waals surface area contributed by atoms with Crippen LogP contribution in [0.4, 0.5) is 8.78 Å². The highest BCUT2D eigenvalue weighted by Crippen LogP contribution is 2.34. The van der Waals surface area contributed by atoms with Crippen LogP contribution in [0.25, 0.3) is 0 Å². The zero-order chi connectivity index (χ0) is 14.8. The van der Waals surface area contributed by atoms with Gasteiger partial charge in [-0.1, -0.05) is 23.2 Å². The lowest BCUT2D eigenvalue weighted by atomic mass is 10.0. The van der Waals surface area contributed by atoms with Crippen LogP contribution in [0.15, 0.2) is 18.2 Å². The molecule has 1 aromatic rings. The summed E-state index contributed by atoms with van der Waals surface area (Å²) in [5.41, 5.74) is -0.194. The van der Waals surface area contributed by atoms with Crippen LogP contribution in [0.3, 0.4) is 0 Å². The van der Waals surface area contributed by atoms with Crippen LogP contribution < -0.4 is 5.32 Å². The van der Waals surface area contributed by atoms with E-state index < -0.39 is 23.8 Å². The zero-order valence-electron chi connectivity index (χ0n) is 9.58. The Morgan fingerprint density at radius 1 is 1.26 bits per heavy atom. The molecule has 0 aliphatic carbocycles. The van der Waals surface area contributed by atoms with Gasteiger partial charge >= 0.3 is 11.9 Å². The maximum absolute atomic E-state index is 13.6. The maximum Gasteiger partial charge on any atom is 0.377 e. The predicted octanol–water partition coefficient (Wildman–Crippen LogP) is 2.89. The van der Waals surface area contributed by atoms with E-state index in [1.807, 2.05) is 5.32 Å². The highest BCUT2D eigenvalue weighted by Gasteiger charge is 2.49. The molecule has 104 valence electrons. The Labute approximate surface area is 117 Å². The van der Waals surface area contributed by atoms with Crippen LogP contribution >= 0.6 is 23.2 Å². The number of benzene rings is 1. The number of hydrogen-bond donors (Lipinski definition) is 2. The molecule has 1 amide bonds. The molecule has 4 nitrogen and oxygen atoms in total. The van der Waals surface area contributed by atoms with Crippen LogP contribution in [0.2, 0.25) is 10.0 Å². The zero-order valence-corrected chi connectivity index (χ0v) is 11.1. The number of halogens is 4. The minimum absolute atomic E-state index is 0.0547. The molecule has 1 aromatic carbocycles. The molecule has 1 rings (SSSR count). The van der Waals surface area contributed by atoms with Crippen molar-refractivity contribution in [3.63, 3.8) is 0 Å². The fourth-order valence-corrected chi connectivity index (χ4v) is 1.99. The molecule has 0 saturated heterocycles. The Hall–Kier alpha value is -1.40. The third kappa shape index (κ3) is 3.78. The van der Waals surface area contributed by atoms with Crippen molar-refractivity contribution < 1.29 is 23.5 Å². The number of alkyl halides is 2. The van der Waals surface area contributed by atoms with E-state index in [1.165, 1.54) is 6.07 Å². The highest BCUT2D eigenvalue weighted by molar-refractivity contribution is 6.34. The highest BCUT2D eigenvalue weighted by atomic mass is 35.5. The van der Waals surface area contributed by atoms with E-state index in [9.17, 15) is 18.4 Å². The quantitative estimate of drug-likeness (QED) is 0.898. The second-order valence-corrected chi connectivity index (χ2v) is 4.64. The van der Waals surface area contributed by atoms with E-state index in [2.05, 4.69) is 0 Å². The van der Waals surface area contributed by atoms with E-state index in [4.69, 9.17) is 28.3 Å². The SMILES string of the molecule is CC(=O)NC(c1cc(Cl)cc(Cl)c1)C(F)(F)C(=O)O. The number of amides is 1. The number of carbonyl (C=O) groups is 2. The fourth-order valence-electron chi connectivity index (χ4n) is 1.45. The Balaban J connectivity index is 3.31. The molecule has 8 heteroatoms. The van der Waals surface area contributed by atoms with Gasteiger partial charge in [0.25, 0.3) is 0 Å². The van der Waals surface area contributed by atoms with Crippen molar-refractivity contribution in [2.75, 3.05) is 0 Å². The first-order chi connectivity index (χ1) is 8.64. The van der Waals surface area contributed by atoms with Gasteiger partial charge in [-0.3, -0.25) is 4.79 Å². The average Bonchev–Trinajstić information content (AvgIpc) is 2.23. The molecule has 19 heavy (non-hydrogen) atoms. The molecule has 0 saturated carbocycles. The Morgan fingerprint density at radius 3 is 2.11 bits per heavy atom. The van der Waals surface area contributed by atoms with Gasteiger partial charge in [-0.15, -0.1) is 0 Å². The number of carbonyl (C=O) groups excluding carboxylic acids is 1. The molecule has 0 radical (unpaired) electrons. The summed E-state index contributed by atoms with van der Waals surface area (Å²) < 4.78 is 27.2. The molecule has 2 N–H and O–H groups in total. The molecular formula is C11H9Cl2F2NO3. The number of rotatable bonds is 4. The van der Waals surface area contributed by atoms with Crippen molar-refractivity contribution in [2.24, 2.45) is 0 Å². The standard InChI is InChI=1S/C11H9Cl2F2NO3/c1-5(17)16-9(11(14,15)10(18)19)6-2-7(12)4-8(13)3-6/h2-4,9H,1H3,(H,16,17)(H,18,19). The first-order valence-electron chi connectivity index (χ1n) is 4.99. The summed E-state index contributed by atoms with van der Waals surface area (Å²) in [5.74, 6) is -7.36. The van der Waals surface area contributed by atoms with Gasteiger partial charge in [-0.25, -0.2) is 4.79 Å². The van der Waals surface area contributed by atoms with Gasteiger partial charge in [0, 0.05) is 17.0 Å². The lowest BCUT2D eigenvalue weighted by Crippen LogP contribution is -2.44. The van der Waals surface area contributed by atoms with Gasteiger partial charge in [-0.2, -0.15) is 8.78 Å². The molecule has 1 atom stereocenters. The number of aliphatic carboxylic acids is 1. The lowest BCUT2D eigenvalue weighted by molar-refractivity contribution is -0.170. The monoisotopic (exact) mass is 311 g/mol. The van der Waals surface area contributed by atoms with Gasteiger partial charge in [0.2, 0.25) is 5.91 Å². The van der Waals surface area contributed by atoms with Crippen molar-refractivity contribution in [1.29, 1.82) is 0 Å². The number of hydrogen-bond acceptors (Lipinski definition) is 2. The predicted molar refractivity (Wildman–Crippen MR) is 65.6 cm³/mol. The Kier molecular flexibility index (Phi) is 4.70. The van der Waals surface area contributed by atoms with Gasteiger partial charge in [-0.05, 0) is 23.8 Å². The van der Waals surface area contributed by atoms with E-state index in [0.29, 0.717) is 0 Å². The third-order valence-electron chi connectivity index (χ3n) is 2.21. The molecular weight excluding hydrogens is 303 g/mol. The smallest absolute Gasteiger partial charge is 0.377 e. The van der Waals surface area contributed by atoms with E-state index >= 15 is 0 Å². The van der Waals surface area contributed by atoms with Gasteiger partial charge in [0.1, 0.15) is 6.04 Å². The topological polar surface area (TPSA) is 66.4 Å². The number of nitrogens with one attached hydrogen (secondary N) is 1. The molecule has 0 bridgehead atoms. The molecule has 0 aliphatic rings. The molecule has 0 aliphatic heterocycles. The Morgan fingerprint density at radius 2 is 1.74 bits per heavy atom. The summed E-state index contributed by atoms with van der Waals surface area (Å²) in [6.45, 7) is 0.997. The van der Waals surface area contributed by atoms with E-state index in [0.717, 1.165) is 19.1 Å². The van der Waals surface area contributed by atoms with E-state index in [1.54, 1.807) is 0 Å². The molecule has 0 heterocycles. The number of carboxylic acids is 1. The van der Waals surface area contributed by atoms with Gasteiger partial charge < -0.3 is 10.4 Å². The molecule has 0 spiro atoms. The summed E-state index contributed by atoms with van der Waals surface area (Å²) in [6, 6.07) is 1.48. The summed E-state index contributed by atoms with van der Waals surface area (Å²) >= 11 is 11.3. The minimum Gasteiger partial charge on any atom is -0.477 e. The first-order valence-corrected chi connectivity index (χ1v) is 5.74. The van der Waals surface area contributed by atoms with Crippen LogP contribution in [-0.4, -0.2) is 22.9 Å². The molecule has 0 fully saturated rings. The second-order valence-electron chi connectivity index (χ2n) is 3.76. The van der Waals surface area contributed by atoms with Crippen molar-refractivity contribution in [2.45, 2.75) is 18.9 Å². The molecule has 0 aromatic heterocycles. The van der Waals surface area contributed by atoms with Crippen molar-refractivity contribution in [1.82, 2.24) is 5.32 Å². The van der Waals surface area contributed by atoms with Crippen molar-refractivity contribution >= 4 is 35.1 Å². The number of carboxylic acid groups (broad SMARTS) is 1. The van der Waals surface area contributed by atoms with Gasteiger partial charge in [0.05, 0.1) is 0 Å². The largest absolute Gasteiger partial charge is 0.477 e. The Bertz CT molecular complexity index is 502. The fraction of sp³-hybridized carbons (Fsp3) is 0.273. The normalized spacial score (nSPS) is 12.9. The van der Waals surface area contributed by atoms with Crippen LogP contribution in [0, 0.1) is 0 Å². The summed E-state index contributed by atoms with van der Waals surface area (Å²) in [7, 11) is 0. The average molecular weight is 312 g/mol. The second kappa shape index (κ2) is 5.71. The third-order valence-corrected chi connectivity index (χ3v) is 2.65. The van der Waals surface area contributed by atoms with Crippen molar-refractivity contribution in [3.8, 4) is 0 Å². The minimum atomic E-state index is -4.19. The molecule has 1 unspecified atom stereocenters. The van der Waals surface area contributed by atoms with E-state index in [-0.39, 0.29) is 15.6 Å². The summed E-state index contributed by atoms with van der Waals surface area (Å²) in [5, 5.41) is 10.6. The van der Waals surface area contributed by atoms with Gasteiger partial charge in [0.15, 0.2) is 0 Å². The first kappa shape index (κ1) is 15.7. The van der Waals surface area contributed by atoms with Crippen molar-refractivity contribution in [3.05, 3.63) is 33.8 Å².